The summed E-state index contributed by atoms with van der Waals surface area (Å²) in [5.74, 6) is 0.813. The number of aliphatic hydroxyl groups is 1. The van der Waals surface area contributed by atoms with Gasteiger partial charge < -0.3 is 14.7 Å². The number of benzene rings is 3. The maximum atomic E-state index is 11.8. The quantitative estimate of drug-likeness (QED) is 0.464. The number of hydrogen-bond acceptors (Lipinski definition) is 3. The minimum Gasteiger partial charge on any atom is -0.492 e. The highest BCUT2D eigenvalue weighted by atomic mass is 35.5. The molecular formula is C26H30ClNO2. The summed E-state index contributed by atoms with van der Waals surface area (Å²) in [4.78, 5) is 2.33. The fourth-order valence-corrected chi connectivity index (χ4v) is 3.77. The average molecular weight is 424 g/mol. The maximum Gasteiger partial charge on any atom is 0.119 e. The Balaban J connectivity index is 1.80. The molecule has 1 N–H and O–H groups in total. The van der Waals surface area contributed by atoms with E-state index in [1.54, 1.807) is 0 Å². The normalized spacial score (nSPS) is 13.2. The summed E-state index contributed by atoms with van der Waals surface area (Å²) in [5.41, 5.74) is 1.56. The number of hydrogen-bond donors (Lipinski definition) is 1. The molecule has 1 atom stereocenters. The highest BCUT2D eigenvalue weighted by Gasteiger charge is 2.31. The molecule has 0 amide bonds. The lowest BCUT2D eigenvalue weighted by Crippen LogP contribution is -2.30. The summed E-state index contributed by atoms with van der Waals surface area (Å²) in [5, 5.41) is 12.5. The Morgan fingerprint density at radius 3 is 2.03 bits per heavy atom. The van der Waals surface area contributed by atoms with Crippen molar-refractivity contribution in [2.45, 2.75) is 25.9 Å². The Morgan fingerprint density at radius 2 is 1.43 bits per heavy atom. The Kier molecular flexibility index (Phi) is 7.92. The van der Waals surface area contributed by atoms with Crippen LogP contribution < -0.4 is 4.74 Å². The van der Waals surface area contributed by atoms with Gasteiger partial charge in [-0.15, -0.1) is 0 Å². The van der Waals surface area contributed by atoms with Gasteiger partial charge in [0.2, 0.25) is 0 Å². The lowest BCUT2D eigenvalue weighted by Gasteiger charge is -2.30. The van der Waals surface area contributed by atoms with Crippen molar-refractivity contribution >= 4 is 11.6 Å². The predicted octanol–water partition coefficient (Wildman–Crippen LogP) is 5.54. The van der Waals surface area contributed by atoms with Crippen LogP contribution in [0.3, 0.4) is 0 Å². The number of likely N-dealkylation sites (N-methyl/N-ethyl adjacent to an activating group) is 1. The Bertz CT molecular complexity index is 893. The smallest absolute Gasteiger partial charge is 0.119 e. The standard InChI is InChI=1S/C26H30ClNO2/c1-3-28(4-2)18-19-30-25-16-12-23(13-17-25)26(29,22-8-6-5-7-9-22)20-21-10-14-24(27)15-11-21/h5-17,29H,3-4,18-20H2,1-2H3. The monoisotopic (exact) mass is 423 g/mol. The summed E-state index contributed by atoms with van der Waals surface area (Å²) in [6.45, 7) is 7.90. The number of nitrogens with zero attached hydrogens (tertiary/aromatic N) is 1. The van der Waals surface area contributed by atoms with Crippen LogP contribution in [0.4, 0.5) is 0 Å². The van der Waals surface area contributed by atoms with E-state index in [4.69, 9.17) is 16.3 Å². The lowest BCUT2D eigenvalue weighted by molar-refractivity contribution is 0.0810. The van der Waals surface area contributed by atoms with Crippen molar-refractivity contribution in [2.75, 3.05) is 26.2 Å². The van der Waals surface area contributed by atoms with E-state index in [0.29, 0.717) is 18.1 Å². The molecule has 0 bridgehead atoms. The van der Waals surface area contributed by atoms with Gasteiger partial charge in [-0.3, -0.25) is 0 Å². The molecule has 3 aromatic carbocycles. The van der Waals surface area contributed by atoms with Crippen LogP contribution in [0.15, 0.2) is 78.9 Å². The van der Waals surface area contributed by atoms with Gasteiger partial charge in [0.15, 0.2) is 0 Å². The second-order valence-electron chi connectivity index (χ2n) is 7.43. The minimum absolute atomic E-state index is 0.455. The van der Waals surface area contributed by atoms with Gasteiger partial charge in [0.1, 0.15) is 18.0 Å². The number of halogens is 1. The number of ether oxygens (including phenoxy) is 1. The second-order valence-corrected chi connectivity index (χ2v) is 7.87. The molecule has 0 saturated heterocycles. The maximum absolute atomic E-state index is 11.8. The Morgan fingerprint density at radius 1 is 0.833 bits per heavy atom. The molecule has 0 radical (unpaired) electrons. The molecule has 4 heteroatoms. The summed E-state index contributed by atoms with van der Waals surface area (Å²) in [6, 6.07) is 25.2. The largest absolute Gasteiger partial charge is 0.492 e. The van der Waals surface area contributed by atoms with Crippen LogP contribution in [0, 0.1) is 0 Å². The van der Waals surface area contributed by atoms with Gasteiger partial charge in [0.05, 0.1) is 0 Å². The van der Waals surface area contributed by atoms with Gasteiger partial charge >= 0.3 is 0 Å². The lowest BCUT2D eigenvalue weighted by atomic mass is 9.81. The molecule has 0 aliphatic rings. The molecule has 3 rings (SSSR count). The molecule has 0 aromatic heterocycles. The molecule has 30 heavy (non-hydrogen) atoms. The summed E-state index contributed by atoms with van der Waals surface area (Å²) in [6.07, 6.45) is 0.455. The van der Waals surface area contributed by atoms with E-state index >= 15 is 0 Å². The third-order valence-electron chi connectivity index (χ3n) is 5.53. The zero-order valence-electron chi connectivity index (χ0n) is 17.7. The van der Waals surface area contributed by atoms with Crippen molar-refractivity contribution < 1.29 is 9.84 Å². The van der Waals surface area contributed by atoms with Crippen molar-refractivity contribution in [1.82, 2.24) is 4.90 Å². The first kappa shape index (κ1) is 22.4. The van der Waals surface area contributed by atoms with Gasteiger partial charge in [-0.1, -0.05) is 80.0 Å². The SMILES string of the molecule is CCN(CC)CCOc1ccc(C(O)(Cc2ccc(Cl)cc2)c2ccccc2)cc1. The van der Waals surface area contributed by atoms with E-state index in [9.17, 15) is 5.11 Å². The third-order valence-corrected chi connectivity index (χ3v) is 5.78. The van der Waals surface area contributed by atoms with Crippen LogP contribution in [-0.2, 0) is 12.0 Å². The first-order valence-corrected chi connectivity index (χ1v) is 10.9. The van der Waals surface area contributed by atoms with Crippen molar-refractivity contribution in [2.24, 2.45) is 0 Å². The molecule has 3 nitrogen and oxygen atoms in total. The molecule has 158 valence electrons. The number of rotatable bonds is 10. The van der Waals surface area contributed by atoms with Gasteiger partial charge in [-0.05, 0) is 54.0 Å². The molecule has 0 saturated carbocycles. The van der Waals surface area contributed by atoms with Crippen molar-refractivity contribution in [3.05, 3.63) is 101 Å². The fraction of sp³-hybridized carbons (Fsp3) is 0.308. The van der Waals surface area contributed by atoms with Crippen molar-refractivity contribution in [3.8, 4) is 5.75 Å². The van der Waals surface area contributed by atoms with Crippen molar-refractivity contribution in [3.63, 3.8) is 0 Å². The highest BCUT2D eigenvalue weighted by molar-refractivity contribution is 6.30. The zero-order valence-corrected chi connectivity index (χ0v) is 18.5. The van der Waals surface area contributed by atoms with E-state index in [1.807, 2.05) is 78.9 Å². The molecule has 0 spiro atoms. The van der Waals surface area contributed by atoms with E-state index in [0.717, 1.165) is 42.1 Å². The molecule has 0 fully saturated rings. The van der Waals surface area contributed by atoms with E-state index in [1.165, 1.54) is 0 Å². The first-order chi connectivity index (χ1) is 14.5. The molecule has 3 aromatic rings. The summed E-state index contributed by atoms with van der Waals surface area (Å²) >= 11 is 6.03. The van der Waals surface area contributed by atoms with Crippen LogP contribution in [0.25, 0.3) is 0 Å². The third kappa shape index (κ3) is 5.63. The average Bonchev–Trinajstić information content (AvgIpc) is 2.79. The van der Waals surface area contributed by atoms with Gasteiger partial charge in [-0.25, -0.2) is 0 Å². The van der Waals surface area contributed by atoms with Crippen LogP contribution in [0.2, 0.25) is 5.02 Å². The topological polar surface area (TPSA) is 32.7 Å². The van der Waals surface area contributed by atoms with Crippen molar-refractivity contribution in [1.29, 1.82) is 0 Å². The molecule has 0 aliphatic heterocycles. The fourth-order valence-electron chi connectivity index (χ4n) is 3.64. The van der Waals surface area contributed by atoms with Crippen LogP contribution in [-0.4, -0.2) is 36.2 Å². The molecular weight excluding hydrogens is 394 g/mol. The van der Waals surface area contributed by atoms with Gasteiger partial charge in [0, 0.05) is 18.0 Å². The van der Waals surface area contributed by atoms with Crippen LogP contribution in [0.5, 0.6) is 5.75 Å². The van der Waals surface area contributed by atoms with E-state index in [2.05, 4.69) is 18.7 Å². The van der Waals surface area contributed by atoms with E-state index in [-0.39, 0.29) is 0 Å². The second kappa shape index (κ2) is 10.6. The van der Waals surface area contributed by atoms with Gasteiger partial charge in [-0.2, -0.15) is 0 Å². The van der Waals surface area contributed by atoms with E-state index < -0.39 is 5.60 Å². The molecule has 0 heterocycles. The van der Waals surface area contributed by atoms with Crippen LogP contribution >= 0.6 is 11.6 Å². The summed E-state index contributed by atoms with van der Waals surface area (Å²) < 4.78 is 5.91. The zero-order chi connectivity index (χ0) is 21.4. The minimum atomic E-state index is -1.14. The Hall–Kier alpha value is -2.33. The molecule has 0 aliphatic carbocycles. The Labute approximate surface area is 184 Å². The predicted molar refractivity (Wildman–Crippen MR) is 124 cm³/mol. The van der Waals surface area contributed by atoms with Gasteiger partial charge in [0.25, 0.3) is 0 Å². The molecule has 1 unspecified atom stereocenters. The van der Waals surface area contributed by atoms with Crippen LogP contribution in [0.1, 0.15) is 30.5 Å². The first-order valence-electron chi connectivity index (χ1n) is 10.5. The summed E-state index contributed by atoms with van der Waals surface area (Å²) in [7, 11) is 0. The highest BCUT2D eigenvalue weighted by Crippen LogP contribution is 2.34.